The van der Waals surface area contributed by atoms with Crippen molar-refractivity contribution in [2.75, 3.05) is 14.2 Å². The Balaban J connectivity index is 3.32. The number of benzene rings is 1. The van der Waals surface area contributed by atoms with E-state index in [0.717, 1.165) is 0 Å². The molecule has 18 heavy (non-hydrogen) atoms. The average molecular weight is 254 g/mol. The molecule has 0 bridgehead atoms. The smallest absolute Gasteiger partial charge is 0.309 e. The number of methoxy groups -OCH3 is 2. The van der Waals surface area contributed by atoms with Crippen LogP contribution < -0.4 is 9.47 Å². The minimum atomic E-state index is -1.55. The van der Waals surface area contributed by atoms with Crippen LogP contribution in [0.2, 0.25) is 0 Å². The van der Waals surface area contributed by atoms with Crippen LogP contribution in [-0.2, 0) is 10.4 Å². The lowest BCUT2D eigenvalue weighted by Gasteiger charge is -2.29. The van der Waals surface area contributed by atoms with E-state index in [1.54, 1.807) is 18.2 Å². The number of carboxylic acid groups (broad SMARTS) is 1. The molecule has 0 aliphatic heterocycles. The largest absolute Gasteiger partial charge is 0.497 e. The van der Waals surface area contributed by atoms with E-state index in [9.17, 15) is 9.90 Å². The van der Waals surface area contributed by atoms with E-state index >= 15 is 0 Å². The van der Waals surface area contributed by atoms with Crippen LogP contribution in [0.5, 0.6) is 11.5 Å². The Kier molecular flexibility index (Phi) is 4.19. The lowest BCUT2D eigenvalue weighted by molar-refractivity contribution is -0.150. The van der Waals surface area contributed by atoms with Gasteiger partial charge in [0, 0.05) is 5.56 Å². The summed E-state index contributed by atoms with van der Waals surface area (Å²) in [5.41, 5.74) is -1.16. The summed E-state index contributed by atoms with van der Waals surface area (Å²) in [7, 11) is 2.97. The van der Waals surface area contributed by atoms with E-state index in [4.69, 9.17) is 14.6 Å². The van der Waals surface area contributed by atoms with Crippen molar-refractivity contribution in [2.45, 2.75) is 19.4 Å². The van der Waals surface area contributed by atoms with Gasteiger partial charge in [-0.1, -0.05) is 0 Å². The minimum absolute atomic E-state index is 0.388. The number of carboxylic acids is 1. The van der Waals surface area contributed by atoms with E-state index < -0.39 is 17.5 Å². The minimum Gasteiger partial charge on any atom is -0.497 e. The summed E-state index contributed by atoms with van der Waals surface area (Å²) < 4.78 is 10.2. The van der Waals surface area contributed by atoms with Gasteiger partial charge in [0.05, 0.1) is 20.1 Å². The van der Waals surface area contributed by atoms with E-state index in [0.29, 0.717) is 17.1 Å². The summed E-state index contributed by atoms with van der Waals surface area (Å²) in [6.07, 6.45) is 0. The van der Waals surface area contributed by atoms with Gasteiger partial charge in [-0.25, -0.2) is 0 Å². The summed E-state index contributed by atoms with van der Waals surface area (Å²) in [5, 5.41) is 19.5. The highest BCUT2D eigenvalue weighted by atomic mass is 16.5. The third-order valence-corrected chi connectivity index (χ3v) is 3.17. The predicted molar refractivity (Wildman–Crippen MR) is 65.9 cm³/mol. The van der Waals surface area contributed by atoms with E-state index in [1.165, 1.54) is 28.1 Å². The maximum Gasteiger partial charge on any atom is 0.309 e. The topological polar surface area (TPSA) is 76.0 Å². The van der Waals surface area contributed by atoms with Crippen molar-refractivity contribution in [2.24, 2.45) is 5.92 Å². The van der Waals surface area contributed by atoms with Crippen molar-refractivity contribution in [3.05, 3.63) is 23.8 Å². The van der Waals surface area contributed by atoms with E-state index in [2.05, 4.69) is 0 Å². The molecule has 100 valence electrons. The van der Waals surface area contributed by atoms with Crippen LogP contribution in [0.15, 0.2) is 18.2 Å². The first-order valence-electron chi connectivity index (χ1n) is 5.52. The average Bonchev–Trinajstić information content (AvgIpc) is 2.36. The molecule has 0 spiro atoms. The number of aliphatic hydroxyl groups is 1. The molecular formula is C13H18O5. The molecule has 2 unspecified atom stereocenters. The van der Waals surface area contributed by atoms with Crippen LogP contribution in [0.3, 0.4) is 0 Å². The van der Waals surface area contributed by atoms with Gasteiger partial charge in [0.15, 0.2) is 0 Å². The van der Waals surface area contributed by atoms with Crippen LogP contribution in [0.25, 0.3) is 0 Å². The number of aliphatic carboxylic acids is 1. The van der Waals surface area contributed by atoms with Crippen LogP contribution in [0.4, 0.5) is 0 Å². The van der Waals surface area contributed by atoms with Crippen LogP contribution >= 0.6 is 0 Å². The highest BCUT2D eigenvalue weighted by Gasteiger charge is 2.38. The molecule has 0 heterocycles. The fourth-order valence-corrected chi connectivity index (χ4v) is 1.68. The molecule has 0 saturated heterocycles. The third-order valence-electron chi connectivity index (χ3n) is 3.17. The fraction of sp³-hybridized carbons (Fsp3) is 0.462. The van der Waals surface area contributed by atoms with Crippen molar-refractivity contribution in [1.29, 1.82) is 0 Å². The highest BCUT2D eigenvalue weighted by molar-refractivity contribution is 5.72. The quantitative estimate of drug-likeness (QED) is 0.835. The Hall–Kier alpha value is -1.75. The van der Waals surface area contributed by atoms with Gasteiger partial charge in [0.25, 0.3) is 0 Å². The second-order valence-corrected chi connectivity index (χ2v) is 4.27. The Morgan fingerprint density at radius 2 is 1.94 bits per heavy atom. The first kappa shape index (κ1) is 14.3. The van der Waals surface area contributed by atoms with Crippen LogP contribution in [-0.4, -0.2) is 30.4 Å². The van der Waals surface area contributed by atoms with Gasteiger partial charge in [-0.2, -0.15) is 0 Å². The molecule has 0 radical (unpaired) electrons. The Morgan fingerprint density at radius 3 is 2.39 bits per heavy atom. The van der Waals surface area contributed by atoms with Crippen molar-refractivity contribution < 1.29 is 24.5 Å². The molecule has 0 saturated carbocycles. The second-order valence-electron chi connectivity index (χ2n) is 4.27. The molecule has 1 aromatic rings. The van der Waals surface area contributed by atoms with Gasteiger partial charge < -0.3 is 19.7 Å². The zero-order chi connectivity index (χ0) is 13.9. The predicted octanol–water partition coefficient (Wildman–Crippen LogP) is 1.63. The van der Waals surface area contributed by atoms with Gasteiger partial charge in [0.2, 0.25) is 0 Å². The molecule has 5 nitrogen and oxygen atoms in total. The summed E-state index contributed by atoms with van der Waals surface area (Å²) in [6, 6.07) is 4.90. The van der Waals surface area contributed by atoms with Gasteiger partial charge in [-0.05, 0) is 32.0 Å². The molecule has 1 rings (SSSR count). The SMILES string of the molecule is COc1ccc(OC)c(C(C)(O)C(C)C(=O)O)c1. The summed E-state index contributed by atoms with van der Waals surface area (Å²) >= 11 is 0. The Bertz CT molecular complexity index is 439. The lowest BCUT2D eigenvalue weighted by Crippen LogP contribution is -2.35. The molecule has 0 aliphatic rings. The molecule has 2 N–H and O–H groups in total. The molecule has 5 heteroatoms. The number of ether oxygens (including phenoxy) is 2. The second kappa shape index (κ2) is 5.27. The van der Waals surface area contributed by atoms with Crippen LogP contribution in [0, 0.1) is 5.92 Å². The maximum absolute atomic E-state index is 11.0. The van der Waals surface area contributed by atoms with Crippen molar-refractivity contribution in [1.82, 2.24) is 0 Å². The Morgan fingerprint density at radius 1 is 1.33 bits per heavy atom. The van der Waals surface area contributed by atoms with E-state index in [-0.39, 0.29) is 0 Å². The Labute approximate surface area is 106 Å². The standard InChI is InChI=1S/C13H18O5/c1-8(12(14)15)13(2,16)10-7-9(17-3)5-6-11(10)18-4/h5-8,16H,1-4H3,(H,14,15). The molecule has 0 fully saturated rings. The monoisotopic (exact) mass is 254 g/mol. The molecular weight excluding hydrogens is 236 g/mol. The number of hydrogen-bond donors (Lipinski definition) is 2. The maximum atomic E-state index is 11.0. The molecule has 0 aromatic heterocycles. The molecule has 0 amide bonds. The molecule has 1 aromatic carbocycles. The summed E-state index contributed by atoms with van der Waals surface area (Å²) in [5.74, 6) is -1.10. The summed E-state index contributed by atoms with van der Waals surface area (Å²) in [4.78, 5) is 11.0. The normalized spacial score (nSPS) is 15.6. The first-order valence-corrected chi connectivity index (χ1v) is 5.52. The summed E-state index contributed by atoms with van der Waals surface area (Å²) in [6.45, 7) is 2.89. The van der Waals surface area contributed by atoms with Gasteiger partial charge in [-0.3, -0.25) is 4.79 Å². The molecule has 2 atom stereocenters. The van der Waals surface area contributed by atoms with Crippen molar-refractivity contribution >= 4 is 5.97 Å². The first-order chi connectivity index (χ1) is 8.34. The van der Waals surface area contributed by atoms with Gasteiger partial charge >= 0.3 is 5.97 Å². The van der Waals surface area contributed by atoms with Crippen molar-refractivity contribution in [3.63, 3.8) is 0 Å². The zero-order valence-corrected chi connectivity index (χ0v) is 10.9. The molecule has 0 aliphatic carbocycles. The number of hydrogen-bond acceptors (Lipinski definition) is 4. The van der Waals surface area contributed by atoms with Gasteiger partial charge in [-0.15, -0.1) is 0 Å². The van der Waals surface area contributed by atoms with Crippen molar-refractivity contribution in [3.8, 4) is 11.5 Å². The zero-order valence-electron chi connectivity index (χ0n) is 10.9. The number of carbonyl (C=O) groups is 1. The van der Waals surface area contributed by atoms with E-state index in [1.807, 2.05) is 0 Å². The highest BCUT2D eigenvalue weighted by Crippen LogP contribution is 2.37. The third kappa shape index (κ3) is 2.56. The van der Waals surface area contributed by atoms with Gasteiger partial charge in [0.1, 0.15) is 17.1 Å². The number of rotatable bonds is 5. The lowest BCUT2D eigenvalue weighted by atomic mass is 9.83. The fourth-order valence-electron chi connectivity index (χ4n) is 1.68. The van der Waals surface area contributed by atoms with Crippen LogP contribution in [0.1, 0.15) is 19.4 Å².